The first-order valence-electron chi connectivity index (χ1n) is 9.53. The Morgan fingerprint density at radius 3 is 1.93 bits per heavy atom. The molecule has 1 aromatic rings. The topological polar surface area (TPSA) is 114 Å². The Morgan fingerprint density at radius 1 is 1.03 bits per heavy atom. The Morgan fingerprint density at radius 2 is 1.53 bits per heavy atom. The minimum absolute atomic E-state index is 0.152. The van der Waals surface area contributed by atoms with Crippen LogP contribution >= 0.6 is 12.8 Å². The summed E-state index contributed by atoms with van der Waals surface area (Å²) in [6.45, 7) is 12.6. The molecule has 1 aromatic carbocycles. The molecule has 0 atom stereocenters. The predicted molar refractivity (Wildman–Crippen MR) is 120 cm³/mol. The van der Waals surface area contributed by atoms with Crippen LogP contribution < -0.4 is 15.4 Å². The lowest BCUT2D eigenvalue weighted by molar-refractivity contribution is -0.000211. The number of carbonyl (C=O) groups is 3. The molecule has 0 bridgehead atoms. The van der Waals surface area contributed by atoms with Crippen LogP contribution in [0.1, 0.15) is 54.0 Å². The first kappa shape index (κ1) is 25.4. The molecule has 1 rings (SSSR count). The van der Waals surface area contributed by atoms with Gasteiger partial charge in [0.2, 0.25) is 0 Å². The van der Waals surface area contributed by atoms with Crippen molar-refractivity contribution in [2.75, 3.05) is 16.2 Å². The molecule has 10 heteroatoms. The van der Waals surface area contributed by atoms with E-state index in [-0.39, 0.29) is 6.54 Å². The van der Waals surface area contributed by atoms with Gasteiger partial charge < -0.3 is 20.5 Å². The van der Waals surface area contributed by atoms with Gasteiger partial charge >= 0.3 is 18.2 Å². The van der Waals surface area contributed by atoms with Crippen LogP contribution in [-0.4, -0.2) is 40.9 Å². The summed E-state index contributed by atoms with van der Waals surface area (Å²) >= 11 is 4.07. The van der Waals surface area contributed by atoms with Crippen LogP contribution in [0, 0.1) is 0 Å². The normalized spacial score (nSPS) is 11.5. The van der Waals surface area contributed by atoms with Crippen molar-refractivity contribution in [2.24, 2.45) is 5.73 Å². The fourth-order valence-electron chi connectivity index (χ4n) is 2.34. The highest BCUT2D eigenvalue weighted by Gasteiger charge is 2.32. The third-order valence-corrected chi connectivity index (χ3v) is 3.89. The molecule has 0 aromatic heterocycles. The molecule has 0 spiro atoms. The van der Waals surface area contributed by atoms with Crippen LogP contribution in [-0.2, 0) is 16.0 Å². The van der Waals surface area contributed by atoms with Gasteiger partial charge in [0.05, 0.1) is 12.2 Å². The summed E-state index contributed by atoms with van der Waals surface area (Å²) in [6, 6.07) is 4.20. The third-order valence-electron chi connectivity index (χ3n) is 3.47. The lowest BCUT2D eigenvalue weighted by Gasteiger charge is -2.29. The maximum atomic E-state index is 12.8. The average molecular weight is 441 g/mol. The van der Waals surface area contributed by atoms with Crippen molar-refractivity contribution in [3.63, 3.8) is 0 Å². The number of hydrogen-bond acceptors (Lipinski definition) is 7. The van der Waals surface area contributed by atoms with E-state index in [1.165, 1.54) is 0 Å². The molecule has 0 radical (unpaired) electrons. The summed E-state index contributed by atoms with van der Waals surface area (Å²) in [5.74, 6) is 0. The number of ether oxygens (including phenoxy) is 2. The molecular formula is C20H32N4O5S. The first-order valence-corrected chi connectivity index (χ1v) is 9.93. The molecule has 0 aliphatic rings. The summed E-state index contributed by atoms with van der Waals surface area (Å²) in [6.07, 6.45) is -1.69. The molecule has 0 saturated carbocycles. The number of carbonyl (C=O) groups excluding carboxylic acids is 3. The summed E-state index contributed by atoms with van der Waals surface area (Å²) in [4.78, 5) is 37.9. The van der Waals surface area contributed by atoms with Crippen molar-refractivity contribution in [1.82, 2.24) is 4.90 Å². The highest BCUT2D eigenvalue weighted by Crippen LogP contribution is 2.27. The van der Waals surface area contributed by atoms with E-state index in [1.807, 2.05) is 6.92 Å². The number of anilines is 2. The second kappa shape index (κ2) is 9.92. The second-order valence-electron chi connectivity index (χ2n) is 8.57. The van der Waals surface area contributed by atoms with Gasteiger partial charge in [-0.15, -0.1) is 0 Å². The molecule has 0 fully saturated rings. The fourth-order valence-corrected chi connectivity index (χ4v) is 2.47. The Balaban J connectivity index is 3.37. The summed E-state index contributed by atoms with van der Waals surface area (Å²) < 4.78 is 11.7. The van der Waals surface area contributed by atoms with Crippen LogP contribution in [0.2, 0.25) is 0 Å². The minimum atomic E-state index is -0.845. The summed E-state index contributed by atoms with van der Waals surface area (Å²) in [7, 11) is 0. The highest BCUT2D eigenvalue weighted by atomic mass is 32.1. The van der Waals surface area contributed by atoms with Crippen LogP contribution in [0.15, 0.2) is 18.2 Å². The van der Waals surface area contributed by atoms with E-state index >= 15 is 0 Å². The van der Waals surface area contributed by atoms with E-state index in [2.05, 4.69) is 18.1 Å². The van der Waals surface area contributed by atoms with E-state index in [1.54, 1.807) is 59.7 Å². The monoisotopic (exact) mass is 440 g/mol. The molecule has 0 saturated heterocycles. The molecule has 30 heavy (non-hydrogen) atoms. The number of amides is 4. The SMILES string of the molecule is CCNc1ccc(N(S)C(N)=O)cc1CN(C(=O)OC(C)(C)C)C(=O)OC(C)(C)C. The number of imide groups is 1. The zero-order valence-corrected chi connectivity index (χ0v) is 19.5. The second-order valence-corrected chi connectivity index (χ2v) is 8.97. The molecule has 9 nitrogen and oxygen atoms in total. The quantitative estimate of drug-likeness (QED) is 0.580. The van der Waals surface area contributed by atoms with Crippen molar-refractivity contribution < 1.29 is 23.9 Å². The molecular weight excluding hydrogens is 408 g/mol. The van der Waals surface area contributed by atoms with Gasteiger partial charge in [-0.05, 0) is 72.2 Å². The van der Waals surface area contributed by atoms with Gasteiger partial charge in [0.25, 0.3) is 0 Å². The predicted octanol–water partition coefficient (Wildman–Crippen LogP) is 4.52. The van der Waals surface area contributed by atoms with E-state index in [4.69, 9.17) is 15.2 Å². The number of hydrogen-bond donors (Lipinski definition) is 3. The maximum Gasteiger partial charge on any atom is 0.420 e. The molecule has 0 unspecified atom stereocenters. The smallest absolute Gasteiger partial charge is 0.420 e. The zero-order chi connectivity index (χ0) is 23.3. The lowest BCUT2D eigenvalue weighted by atomic mass is 10.1. The van der Waals surface area contributed by atoms with Gasteiger partial charge in [0.15, 0.2) is 0 Å². The molecule has 0 heterocycles. The highest BCUT2D eigenvalue weighted by molar-refractivity contribution is 7.82. The molecule has 0 aliphatic heterocycles. The minimum Gasteiger partial charge on any atom is -0.443 e. The van der Waals surface area contributed by atoms with Crippen molar-refractivity contribution in [3.8, 4) is 0 Å². The van der Waals surface area contributed by atoms with E-state index in [0.29, 0.717) is 23.5 Å². The standard InChI is InChI=1S/C20H32N4O5S/c1-8-22-15-10-9-14(24(30)16(21)25)11-13(15)12-23(17(26)28-19(2,3)4)18(27)29-20(5,6)7/h9-11,22,30H,8,12H2,1-7H3,(H2,21,25). The van der Waals surface area contributed by atoms with Gasteiger partial charge in [-0.2, -0.15) is 0 Å². The van der Waals surface area contributed by atoms with Gasteiger partial charge in [-0.1, -0.05) is 12.8 Å². The van der Waals surface area contributed by atoms with E-state index < -0.39 is 29.4 Å². The van der Waals surface area contributed by atoms with Crippen molar-refractivity contribution >= 4 is 42.4 Å². The van der Waals surface area contributed by atoms with Crippen molar-refractivity contribution in [3.05, 3.63) is 23.8 Å². The maximum absolute atomic E-state index is 12.8. The van der Waals surface area contributed by atoms with Crippen LogP contribution in [0.3, 0.4) is 0 Å². The summed E-state index contributed by atoms with van der Waals surface area (Å²) in [5.41, 5.74) is 5.28. The van der Waals surface area contributed by atoms with Gasteiger partial charge in [0, 0.05) is 12.2 Å². The molecule has 168 valence electrons. The third kappa shape index (κ3) is 8.02. The Bertz CT molecular complexity index is 758. The van der Waals surface area contributed by atoms with E-state index in [0.717, 1.165) is 9.21 Å². The van der Waals surface area contributed by atoms with Crippen LogP contribution in [0.25, 0.3) is 0 Å². The molecule has 0 aliphatic carbocycles. The first-order chi connectivity index (χ1) is 13.6. The van der Waals surface area contributed by atoms with Crippen molar-refractivity contribution in [2.45, 2.75) is 66.2 Å². The van der Waals surface area contributed by atoms with Crippen LogP contribution in [0.5, 0.6) is 0 Å². The van der Waals surface area contributed by atoms with Gasteiger partial charge in [0.1, 0.15) is 11.2 Å². The van der Waals surface area contributed by atoms with Crippen LogP contribution in [0.4, 0.5) is 25.8 Å². The molecule has 4 amide bonds. The van der Waals surface area contributed by atoms with Gasteiger partial charge in [-0.3, -0.25) is 0 Å². The fraction of sp³-hybridized carbons (Fsp3) is 0.550. The number of nitrogens with two attached hydrogens (primary N) is 1. The van der Waals surface area contributed by atoms with Crippen molar-refractivity contribution in [1.29, 1.82) is 0 Å². The zero-order valence-electron chi connectivity index (χ0n) is 18.6. The number of primary amides is 1. The number of benzene rings is 1. The Labute approximate surface area is 183 Å². The largest absolute Gasteiger partial charge is 0.443 e. The Hall–Kier alpha value is -2.62. The van der Waals surface area contributed by atoms with E-state index in [9.17, 15) is 14.4 Å². The lowest BCUT2D eigenvalue weighted by Crippen LogP contribution is -2.43. The number of nitrogens with zero attached hydrogens (tertiary/aromatic N) is 2. The number of nitrogens with one attached hydrogen (secondary N) is 1. The molecule has 3 N–H and O–H groups in total. The summed E-state index contributed by atoms with van der Waals surface area (Å²) in [5, 5.41) is 3.16. The number of rotatable bonds is 5. The number of thiol groups is 1. The Kier molecular flexibility index (Phi) is 8.41. The average Bonchev–Trinajstić information content (AvgIpc) is 2.56. The number of urea groups is 1. The van der Waals surface area contributed by atoms with Gasteiger partial charge in [-0.25, -0.2) is 23.6 Å².